The van der Waals surface area contributed by atoms with Crippen molar-refractivity contribution in [2.45, 2.75) is 20.0 Å². The van der Waals surface area contributed by atoms with E-state index in [0.717, 1.165) is 44.0 Å². The van der Waals surface area contributed by atoms with Crippen LogP contribution in [0.3, 0.4) is 0 Å². The molecular weight excluding hydrogens is 435 g/mol. The number of aryl methyl sites for hydroxylation is 1. The first-order chi connectivity index (χ1) is 15.0. The Hall–Kier alpha value is -2.38. The van der Waals surface area contributed by atoms with E-state index in [1.54, 1.807) is 18.3 Å². The van der Waals surface area contributed by atoms with E-state index in [-0.39, 0.29) is 5.02 Å². The van der Waals surface area contributed by atoms with Gasteiger partial charge in [-0.1, -0.05) is 53.5 Å². The molecular formula is C23H24Cl2N4O2. The summed E-state index contributed by atoms with van der Waals surface area (Å²) in [5, 5.41) is 8.16. The van der Waals surface area contributed by atoms with Crippen molar-refractivity contribution in [2.75, 3.05) is 31.6 Å². The van der Waals surface area contributed by atoms with Crippen molar-refractivity contribution >= 4 is 28.9 Å². The maximum atomic E-state index is 12.7. The third-order valence-electron chi connectivity index (χ3n) is 5.30. The second-order valence-corrected chi connectivity index (χ2v) is 8.37. The molecule has 1 aromatic heterocycles. The van der Waals surface area contributed by atoms with Crippen LogP contribution in [0.5, 0.6) is 0 Å². The quantitative estimate of drug-likeness (QED) is 0.596. The van der Waals surface area contributed by atoms with Crippen LogP contribution in [0.15, 0.2) is 53.5 Å². The number of morpholine rings is 1. The zero-order valence-corrected chi connectivity index (χ0v) is 18.8. The lowest BCUT2D eigenvalue weighted by Crippen LogP contribution is -2.35. The Kier molecular flexibility index (Phi) is 6.92. The van der Waals surface area contributed by atoms with Crippen LogP contribution in [-0.4, -0.2) is 41.0 Å². The minimum absolute atomic E-state index is 0.0937. The van der Waals surface area contributed by atoms with E-state index in [9.17, 15) is 4.79 Å². The Labute approximate surface area is 191 Å². The van der Waals surface area contributed by atoms with Crippen LogP contribution in [0.1, 0.15) is 16.7 Å². The first-order valence-electron chi connectivity index (χ1n) is 10.2. The lowest BCUT2D eigenvalue weighted by Gasteiger charge is -2.26. The minimum atomic E-state index is -0.396. The summed E-state index contributed by atoms with van der Waals surface area (Å²) in [7, 11) is 0. The summed E-state index contributed by atoms with van der Waals surface area (Å²) in [6, 6.07) is 13.7. The molecule has 0 saturated carbocycles. The smallest absolute Gasteiger partial charge is 0.292 e. The van der Waals surface area contributed by atoms with Crippen molar-refractivity contribution in [3.63, 3.8) is 0 Å². The molecule has 3 aromatic rings. The molecule has 0 aliphatic carbocycles. The molecule has 162 valence electrons. The third kappa shape index (κ3) is 5.28. The number of rotatable bonds is 6. The standard InChI is InChI=1S/C23H24Cl2N4O2/c1-16-5-6-19(12-20(16)24)29-23(30)22(25)21(14-27-29)26-13-17-3-2-4-18(11-17)15-28-7-9-31-10-8-28/h2-6,11-12,14,26H,7-10,13,15H2,1H3. The van der Waals surface area contributed by atoms with E-state index in [1.165, 1.54) is 10.2 Å². The van der Waals surface area contributed by atoms with Crippen LogP contribution in [-0.2, 0) is 17.8 Å². The zero-order valence-electron chi connectivity index (χ0n) is 17.3. The molecule has 6 nitrogen and oxygen atoms in total. The largest absolute Gasteiger partial charge is 0.379 e. The van der Waals surface area contributed by atoms with E-state index < -0.39 is 5.56 Å². The molecule has 0 spiro atoms. The van der Waals surface area contributed by atoms with E-state index in [4.69, 9.17) is 27.9 Å². The van der Waals surface area contributed by atoms with Gasteiger partial charge in [-0.25, -0.2) is 0 Å². The molecule has 0 radical (unpaired) electrons. The first-order valence-corrected chi connectivity index (χ1v) is 10.9. The van der Waals surface area contributed by atoms with Gasteiger partial charge >= 0.3 is 0 Å². The number of halogens is 2. The summed E-state index contributed by atoms with van der Waals surface area (Å²) < 4.78 is 6.67. The van der Waals surface area contributed by atoms with Gasteiger partial charge in [0.2, 0.25) is 0 Å². The predicted molar refractivity (Wildman–Crippen MR) is 124 cm³/mol. The molecule has 0 bridgehead atoms. The highest BCUT2D eigenvalue weighted by Gasteiger charge is 2.13. The molecule has 1 aliphatic rings. The van der Waals surface area contributed by atoms with Crippen LogP contribution in [0.2, 0.25) is 10.0 Å². The monoisotopic (exact) mass is 458 g/mol. The molecule has 2 heterocycles. The van der Waals surface area contributed by atoms with Gasteiger partial charge in [0.15, 0.2) is 0 Å². The van der Waals surface area contributed by atoms with Gasteiger partial charge in [0, 0.05) is 31.2 Å². The highest BCUT2D eigenvalue weighted by molar-refractivity contribution is 6.33. The van der Waals surface area contributed by atoms with E-state index >= 15 is 0 Å². The van der Waals surface area contributed by atoms with Crippen molar-refractivity contribution < 1.29 is 4.74 Å². The van der Waals surface area contributed by atoms with E-state index in [2.05, 4.69) is 27.4 Å². The minimum Gasteiger partial charge on any atom is -0.379 e. The Balaban J connectivity index is 1.46. The van der Waals surface area contributed by atoms with Crippen LogP contribution >= 0.6 is 23.2 Å². The molecule has 8 heteroatoms. The van der Waals surface area contributed by atoms with Gasteiger partial charge in [0.25, 0.3) is 5.56 Å². The number of nitrogens with one attached hydrogen (secondary N) is 1. The van der Waals surface area contributed by atoms with Crippen molar-refractivity contribution in [3.8, 4) is 5.69 Å². The summed E-state index contributed by atoms with van der Waals surface area (Å²) in [5.41, 5.74) is 3.96. The highest BCUT2D eigenvalue weighted by Crippen LogP contribution is 2.21. The zero-order chi connectivity index (χ0) is 21.8. The maximum Gasteiger partial charge on any atom is 0.292 e. The second kappa shape index (κ2) is 9.83. The summed E-state index contributed by atoms with van der Waals surface area (Å²) in [6.07, 6.45) is 1.56. The van der Waals surface area contributed by atoms with Crippen LogP contribution in [0.25, 0.3) is 5.69 Å². The molecule has 1 aliphatic heterocycles. The predicted octanol–water partition coefficient (Wildman–Crippen LogP) is 4.29. The fourth-order valence-corrected chi connectivity index (χ4v) is 3.88. The van der Waals surface area contributed by atoms with Crippen molar-refractivity contribution in [1.82, 2.24) is 14.7 Å². The Morgan fingerprint density at radius 1 is 1.10 bits per heavy atom. The number of benzene rings is 2. The number of aromatic nitrogens is 2. The summed E-state index contributed by atoms with van der Waals surface area (Å²) >= 11 is 12.5. The van der Waals surface area contributed by atoms with Crippen molar-refractivity contribution in [2.24, 2.45) is 0 Å². The number of hydrogen-bond acceptors (Lipinski definition) is 5. The Morgan fingerprint density at radius 2 is 1.87 bits per heavy atom. The second-order valence-electron chi connectivity index (χ2n) is 7.58. The summed E-state index contributed by atoms with van der Waals surface area (Å²) in [5.74, 6) is 0. The van der Waals surface area contributed by atoms with Crippen molar-refractivity contribution in [1.29, 1.82) is 0 Å². The number of hydrogen-bond donors (Lipinski definition) is 1. The topological polar surface area (TPSA) is 59.4 Å². The molecule has 2 aromatic carbocycles. The van der Waals surface area contributed by atoms with E-state index in [1.807, 2.05) is 25.1 Å². The Bertz CT molecular complexity index is 1130. The van der Waals surface area contributed by atoms with Gasteiger partial charge in [0.1, 0.15) is 5.02 Å². The van der Waals surface area contributed by atoms with Gasteiger partial charge in [-0.2, -0.15) is 9.78 Å². The molecule has 0 atom stereocenters. The first kappa shape index (κ1) is 21.8. The molecule has 0 amide bonds. The average molecular weight is 459 g/mol. The van der Waals surface area contributed by atoms with Gasteiger partial charge < -0.3 is 10.1 Å². The van der Waals surface area contributed by atoms with Crippen LogP contribution < -0.4 is 10.9 Å². The number of nitrogens with zero attached hydrogens (tertiary/aromatic N) is 3. The SMILES string of the molecule is Cc1ccc(-n2ncc(NCc3cccc(CN4CCOCC4)c3)c(Cl)c2=O)cc1Cl. The third-order valence-corrected chi connectivity index (χ3v) is 6.08. The lowest BCUT2D eigenvalue weighted by atomic mass is 10.1. The fourth-order valence-electron chi connectivity index (χ4n) is 3.51. The summed E-state index contributed by atoms with van der Waals surface area (Å²) in [4.78, 5) is 15.1. The summed E-state index contributed by atoms with van der Waals surface area (Å²) in [6.45, 7) is 6.81. The fraction of sp³-hybridized carbons (Fsp3) is 0.304. The van der Waals surface area contributed by atoms with Crippen LogP contribution in [0, 0.1) is 6.92 Å². The van der Waals surface area contributed by atoms with Crippen molar-refractivity contribution in [3.05, 3.63) is 85.8 Å². The van der Waals surface area contributed by atoms with Crippen LogP contribution in [0.4, 0.5) is 5.69 Å². The average Bonchev–Trinajstić information content (AvgIpc) is 2.78. The lowest BCUT2D eigenvalue weighted by molar-refractivity contribution is 0.0342. The van der Waals surface area contributed by atoms with Gasteiger partial charge in [-0.15, -0.1) is 0 Å². The van der Waals surface area contributed by atoms with E-state index in [0.29, 0.717) is 22.9 Å². The molecule has 0 unspecified atom stereocenters. The molecule has 4 rings (SSSR count). The Morgan fingerprint density at radius 3 is 2.65 bits per heavy atom. The molecule has 1 N–H and O–H groups in total. The molecule has 1 saturated heterocycles. The van der Waals surface area contributed by atoms with Gasteiger partial charge in [-0.3, -0.25) is 9.69 Å². The molecule has 31 heavy (non-hydrogen) atoms. The number of anilines is 1. The van der Waals surface area contributed by atoms with Gasteiger partial charge in [-0.05, 0) is 35.7 Å². The normalized spacial score (nSPS) is 14.5. The highest BCUT2D eigenvalue weighted by atomic mass is 35.5. The number of ether oxygens (including phenoxy) is 1. The van der Waals surface area contributed by atoms with Gasteiger partial charge in [0.05, 0.1) is 30.8 Å². The maximum absolute atomic E-state index is 12.7. The molecule has 1 fully saturated rings.